The molecule has 146 valence electrons. The normalized spacial score (nSPS) is 12.0. The van der Waals surface area contributed by atoms with Crippen LogP contribution in [0.1, 0.15) is 105 Å². The molecule has 0 rings (SSSR count). The average molecular weight is 343 g/mol. The van der Waals surface area contributed by atoms with Gasteiger partial charge in [-0.3, -0.25) is 0 Å². The van der Waals surface area contributed by atoms with E-state index in [1.165, 1.54) is 32.1 Å². The predicted octanol–water partition coefficient (Wildman–Crippen LogP) is 6.74. The fourth-order valence-electron chi connectivity index (χ4n) is 2.79. The van der Waals surface area contributed by atoms with Crippen LogP contribution >= 0.6 is 0 Å². The zero-order valence-corrected chi connectivity index (χ0v) is 17.1. The van der Waals surface area contributed by atoms with Crippen LogP contribution in [0.25, 0.3) is 0 Å². The van der Waals surface area contributed by atoms with E-state index in [0.717, 1.165) is 71.1 Å². The zero-order valence-electron chi connectivity index (χ0n) is 17.1. The Bertz CT molecular complexity index is 223. The van der Waals surface area contributed by atoms with Crippen LogP contribution in [0.15, 0.2) is 0 Å². The van der Waals surface area contributed by atoms with Crippen LogP contribution in [0.4, 0.5) is 0 Å². The molecule has 0 aromatic rings. The molecule has 4 heteroatoms. The number of hydrogen-bond donors (Lipinski definition) is 0. The second-order valence-electron chi connectivity index (χ2n) is 7.02. The van der Waals surface area contributed by atoms with Crippen LogP contribution in [0.5, 0.6) is 0 Å². The van der Waals surface area contributed by atoms with Gasteiger partial charge in [0.25, 0.3) is 0 Å². The molecular weight excluding hydrogens is 299 g/mol. The first-order valence-corrected chi connectivity index (χ1v) is 10.8. The SMILES string of the molecule is CCCCCCCC[B-](OCCCC)(OCCCC)OCCCC. The van der Waals surface area contributed by atoms with Crippen LogP contribution < -0.4 is 0 Å². The highest BCUT2D eigenvalue weighted by Crippen LogP contribution is 2.22. The van der Waals surface area contributed by atoms with Crippen molar-refractivity contribution in [1.29, 1.82) is 0 Å². The molecule has 0 radical (unpaired) electrons. The van der Waals surface area contributed by atoms with Gasteiger partial charge in [-0.15, -0.1) is 0 Å². The topological polar surface area (TPSA) is 27.7 Å². The smallest absolute Gasteiger partial charge is 0.379 e. The van der Waals surface area contributed by atoms with Gasteiger partial charge in [-0.2, -0.15) is 0 Å². The van der Waals surface area contributed by atoms with Crippen LogP contribution in [-0.2, 0) is 14.0 Å². The average Bonchev–Trinajstić information content (AvgIpc) is 2.58. The summed E-state index contributed by atoms with van der Waals surface area (Å²) >= 11 is 0. The molecule has 0 bridgehead atoms. The van der Waals surface area contributed by atoms with Crippen molar-refractivity contribution in [1.82, 2.24) is 0 Å². The van der Waals surface area contributed by atoms with Crippen LogP contribution in [0, 0.1) is 0 Å². The first kappa shape index (κ1) is 23.9. The molecule has 0 aliphatic heterocycles. The fraction of sp³-hybridized carbons (Fsp3) is 1.00. The van der Waals surface area contributed by atoms with Gasteiger partial charge >= 0.3 is 6.75 Å². The van der Waals surface area contributed by atoms with Crippen molar-refractivity contribution in [3.8, 4) is 0 Å². The summed E-state index contributed by atoms with van der Waals surface area (Å²) in [6.07, 6.45) is 15.3. The molecule has 24 heavy (non-hydrogen) atoms. The van der Waals surface area contributed by atoms with Gasteiger partial charge in [-0.05, 0) is 19.3 Å². The highest BCUT2D eigenvalue weighted by atomic mass is 16.7. The van der Waals surface area contributed by atoms with E-state index in [1.807, 2.05) is 0 Å². The maximum Gasteiger partial charge on any atom is 0.379 e. The van der Waals surface area contributed by atoms with Crippen LogP contribution in [0.3, 0.4) is 0 Å². The monoisotopic (exact) mass is 343 g/mol. The molecule has 0 unspecified atom stereocenters. The van der Waals surface area contributed by atoms with Crippen molar-refractivity contribution in [3.63, 3.8) is 0 Å². The Kier molecular flexibility index (Phi) is 17.7. The molecule has 0 heterocycles. The molecule has 0 atom stereocenters. The van der Waals surface area contributed by atoms with Gasteiger partial charge in [0.1, 0.15) is 0 Å². The molecule has 0 aromatic carbocycles. The van der Waals surface area contributed by atoms with E-state index >= 15 is 0 Å². The molecule has 0 saturated heterocycles. The molecular formula is C20H44BO3-. The molecule has 0 N–H and O–H groups in total. The molecule has 3 nitrogen and oxygen atoms in total. The first-order valence-electron chi connectivity index (χ1n) is 10.8. The molecule has 0 aromatic heterocycles. The summed E-state index contributed by atoms with van der Waals surface area (Å²) in [5.74, 6) is 0. The fourth-order valence-corrected chi connectivity index (χ4v) is 2.79. The number of hydrogen-bond acceptors (Lipinski definition) is 3. The number of rotatable bonds is 19. The highest BCUT2D eigenvalue weighted by molar-refractivity contribution is 6.60. The van der Waals surface area contributed by atoms with E-state index < -0.39 is 6.75 Å². The summed E-state index contributed by atoms with van der Waals surface area (Å²) in [7, 11) is 0. The van der Waals surface area contributed by atoms with Crippen molar-refractivity contribution >= 4 is 6.75 Å². The third kappa shape index (κ3) is 13.3. The zero-order chi connectivity index (χ0) is 17.9. The number of unbranched alkanes of at least 4 members (excludes halogenated alkanes) is 8. The van der Waals surface area contributed by atoms with E-state index in [-0.39, 0.29) is 0 Å². The Morgan fingerprint density at radius 2 is 0.833 bits per heavy atom. The molecule has 0 amide bonds. The first-order chi connectivity index (χ1) is 11.7. The van der Waals surface area contributed by atoms with E-state index in [1.54, 1.807) is 0 Å². The lowest BCUT2D eigenvalue weighted by Crippen LogP contribution is -2.46. The molecule has 0 saturated carbocycles. The Hall–Kier alpha value is -0.0551. The van der Waals surface area contributed by atoms with Crippen LogP contribution in [0.2, 0.25) is 6.32 Å². The van der Waals surface area contributed by atoms with Crippen molar-refractivity contribution in [2.24, 2.45) is 0 Å². The second-order valence-corrected chi connectivity index (χ2v) is 7.02. The highest BCUT2D eigenvalue weighted by Gasteiger charge is 2.28. The molecule has 0 spiro atoms. The quantitative estimate of drug-likeness (QED) is 0.192. The summed E-state index contributed by atoms with van der Waals surface area (Å²) in [5.41, 5.74) is 0. The maximum atomic E-state index is 6.21. The second kappa shape index (κ2) is 17.8. The summed E-state index contributed by atoms with van der Waals surface area (Å²) < 4.78 is 18.6. The minimum atomic E-state index is -1.55. The summed E-state index contributed by atoms with van der Waals surface area (Å²) in [6.45, 7) is 9.56. The van der Waals surface area contributed by atoms with Crippen molar-refractivity contribution < 1.29 is 14.0 Å². The van der Waals surface area contributed by atoms with E-state index in [4.69, 9.17) is 14.0 Å². The predicted molar refractivity (Wildman–Crippen MR) is 107 cm³/mol. The summed E-state index contributed by atoms with van der Waals surface area (Å²) in [6, 6.07) is 0. The van der Waals surface area contributed by atoms with E-state index in [2.05, 4.69) is 27.7 Å². The van der Waals surface area contributed by atoms with Gasteiger partial charge < -0.3 is 14.0 Å². The van der Waals surface area contributed by atoms with Crippen molar-refractivity contribution in [3.05, 3.63) is 0 Å². The van der Waals surface area contributed by atoms with Gasteiger partial charge in [0.05, 0.1) is 0 Å². The lowest BCUT2D eigenvalue weighted by molar-refractivity contribution is 0.0557. The standard InChI is InChI=1S/C20H44BO3/c1-5-9-13-14-15-16-17-21(22-18-10-6-2,23-19-11-7-3)24-20-12-8-4/h5-20H2,1-4H3/q-1. The minimum Gasteiger partial charge on any atom is -0.544 e. The minimum absolute atomic E-state index is 0.755. The molecule has 0 aliphatic rings. The Morgan fingerprint density at radius 3 is 1.25 bits per heavy atom. The van der Waals surface area contributed by atoms with E-state index in [0.29, 0.717) is 0 Å². The molecule has 0 aliphatic carbocycles. The Morgan fingerprint density at radius 1 is 0.458 bits per heavy atom. The van der Waals surface area contributed by atoms with Gasteiger partial charge in [0, 0.05) is 19.8 Å². The van der Waals surface area contributed by atoms with Crippen molar-refractivity contribution in [2.45, 2.75) is 111 Å². The summed E-state index contributed by atoms with van der Waals surface area (Å²) in [5, 5.41) is 0. The van der Waals surface area contributed by atoms with Gasteiger partial charge in [-0.25, -0.2) is 0 Å². The van der Waals surface area contributed by atoms with Crippen LogP contribution in [-0.4, -0.2) is 26.6 Å². The lowest BCUT2D eigenvalue weighted by Gasteiger charge is -2.42. The Balaban J connectivity index is 4.48. The third-order valence-corrected chi connectivity index (χ3v) is 4.52. The van der Waals surface area contributed by atoms with Gasteiger partial charge in [0.15, 0.2) is 0 Å². The maximum absolute atomic E-state index is 6.21. The van der Waals surface area contributed by atoms with E-state index in [9.17, 15) is 0 Å². The molecule has 0 fully saturated rings. The third-order valence-electron chi connectivity index (χ3n) is 4.52. The van der Waals surface area contributed by atoms with Gasteiger partial charge in [-0.1, -0.05) is 91.8 Å². The lowest BCUT2D eigenvalue weighted by atomic mass is 9.71. The van der Waals surface area contributed by atoms with Gasteiger partial charge in [0.2, 0.25) is 0 Å². The Labute approximate surface area is 152 Å². The largest absolute Gasteiger partial charge is 0.544 e. The summed E-state index contributed by atoms with van der Waals surface area (Å²) in [4.78, 5) is 0. The van der Waals surface area contributed by atoms with Crippen molar-refractivity contribution in [2.75, 3.05) is 19.8 Å².